The molecule has 0 aromatic heterocycles. The van der Waals surface area contributed by atoms with Gasteiger partial charge in [-0.15, -0.1) is 0 Å². The van der Waals surface area contributed by atoms with Crippen molar-refractivity contribution in [1.82, 2.24) is 0 Å². The zero-order chi connectivity index (χ0) is 26.5. The average Bonchev–Trinajstić information content (AvgIpc) is 2.85. The number of unbranched alkanes of at least 4 members (excludes halogenated alkanes) is 11. The molecule has 0 spiro atoms. The maximum Gasteiger partial charge on any atom is 2.00 e. The number of carboxylic acid groups (broad SMARTS) is 2. The van der Waals surface area contributed by atoms with E-state index in [2.05, 4.69) is 34.6 Å². The minimum Gasteiger partial charge on any atom is -0.550 e. The molecule has 0 bridgehead atoms. The van der Waals surface area contributed by atoms with Crippen molar-refractivity contribution in [2.24, 2.45) is 0 Å². The van der Waals surface area contributed by atoms with Crippen LogP contribution in [0.2, 0.25) is 0 Å². The van der Waals surface area contributed by atoms with Crippen LogP contribution in [0.5, 0.6) is 0 Å². The van der Waals surface area contributed by atoms with Gasteiger partial charge in [-0.05, 0) is 24.8 Å². The van der Waals surface area contributed by atoms with Gasteiger partial charge in [0.15, 0.2) is 0 Å². The van der Waals surface area contributed by atoms with E-state index in [1.165, 1.54) is 64.2 Å². The summed E-state index contributed by atoms with van der Waals surface area (Å²) in [5.41, 5.74) is 1.13. The predicted molar refractivity (Wildman–Crippen MR) is 148 cm³/mol. The van der Waals surface area contributed by atoms with Gasteiger partial charge in [0.25, 0.3) is 0 Å². The first-order chi connectivity index (χ1) is 16.4. The Hall–Kier alpha value is -1.04. The van der Waals surface area contributed by atoms with E-state index in [-0.39, 0.29) is 30.3 Å². The van der Waals surface area contributed by atoms with Gasteiger partial charge in [0.05, 0.1) is 5.97 Å². The van der Waals surface area contributed by atoms with Crippen LogP contribution in [0.25, 0.3) is 0 Å². The summed E-state index contributed by atoms with van der Waals surface area (Å²) in [4.78, 5) is 20.6. The third-order valence-electron chi connectivity index (χ3n) is 5.06. The maximum absolute atomic E-state index is 10.5. The molecule has 0 heterocycles. The fraction of sp³-hybridized carbons (Fsp3) is 0.667. The van der Waals surface area contributed by atoms with Crippen LogP contribution in [0.1, 0.15) is 140 Å². The number of carbonyl (C=O) groups excluding carboxylic acids is 2. The summed E-state index contributed by atoms with van der Waals surface area (Å²) >= 11 is 0. The summed E-state index contributed by atoms with van der Waals surface area (Å²) in [5, 5.41) is 20.6. The van der Waals surface area contributed by atoms with Crippen molar-refractivity contribution in [2.45, 2.75) is 130 Å². The third-order valence-corrected chi connectivity index (χ3v) is 5.06. The van der Waals surface area contributed by atoms with Gasteiger partial charge in [-0.25, -0.2) is 0 Å². The standard InChI is InChI=1S/C13H26O2.C9H10O2.2C4H9.Sn/c1-2-3-4-5-6-7-8-9-10-11-12-13(14)15;1-2-7-5-3-4-6-8(7)9(10)11;2*1-3-4-2;/h2-12H2,1H3,(H,14,15);3-6H,2H2,1H3,(H,10,11);2*1,3-4H2,2H3;/q;;;;+2/p-2. The molecule has 0 fully saturated rings. The van der Waals surface area contributed by atoms with Crippen molar-refractivity contribution in [3.8, 4) is 0 Å². The molecule has 0 aliphatic rings. The molecule has 0 saturated heterocycles. The number of aryl methyl sites for hydroxylation is 1. The Balaban J connectivity index is -0.000000210. The Morgan fingerprint density at radius 2 is 1.09 bits per heavy atom. The molecule has 1 aromatic carbocycles. The van der Waals surface area contributed by atoms with Gasteiger partial charge in [0.1, 0.15) is 0 Å². The Morgan fingerprint density at radius 3 is 1.40 bits per heavy atom. The van der Waals surface area contributed by atoms with Crippen LogP contribution in [0.3, 0.4) is 0 Å². The monoisotopic (exact) mass is 596 g/mol. The number of carbonyl (C=O) groups is 2. The molecule has 0 saturated carbocycles. The van der Waals surface area contributed by atoms with Crippen molar-refractivity contribution in [3.63, 3.8) is 0 Å². The number of hydrogen-bond acceptors (Lipinski definition) is 4. The topological polar surface area (TPSA) is 80.3 Å². The van der Waals surface area contributed by atoms with E-state index in [4.69, 9.17) is 0 Å². The second kappa shape index (κ2) is 35.1. The molecule has 0 aliphatic heterocycles. The molecule has 1 rings (SSSR count). The van der Waals surface area contributed by atoms with Crippen molar-refractivity contribution in [2.75, 3.05) is 0 Å². The Labute approximate surface area is 234 Å². The van der Waals surface area contributed by atoms with Crippen LogP contribution in [-0.4, -0.2) is 35.8 Å². The summed E-state index contributed by atoms with van der Waals surface area (Å²) in [5.74, 6) is -2.00. The molecule has 4 radical (unpaired) electrons. The Kier molecular flexibility index (Phi) is 41.2. The first-order valence-corrected chi connectivity index (χ1v) is 13.4. The van der Waals surface area contributed by atoms with Crippen LogP contribution in [0, 0.1) is 13.8 Å². The van der Waals surface area contributed by atoms with Gasteiger partial charge in [0, 0.05) is 11.5 Å². The van der Waals surface area contributed by atoms with Crippen molar-refractivity contribution in [3.05, 3.63) is 49.2 Å². The molecule has 4 nitrogen and oxygen atoms in total. The van der Waals surface area contributed by atoms with Crippen molar-refractivity contribution >= 4 is 35.8 Å². The molecule has 35 heavy (non-hydrogen) atoms. The summed E-state index contributed by atoms with van der Waals surface area (Å²) in [6.45, 7) is 15.6. The minimum atomic E-state index is -1.09. The van der Waals surface area contributed by atoms with Gasteiger partial charge < -0.3 is 19.8 Å². The number of aliphatic carboxylic acids is 1. The first-order valence-electron chi connectivity index (χ1n) is 13.4. The molecular weight excluding hydrogens is 543 g/mol. The van der Waals surface area contributed by atoms with E-state index in [1.807, 2.05) is 13.0 Å². The van der Waals surface area contributed by atoms with Crippen LogP contribution < -0.4 is 10.2 Å². The number of benzene rings is 1. The molecule has 0 aliphatic carbocycles. The number of hydrogen-bond donors (Lipinski definition) is 0. The van der Waals surface area contributed by atoms with E-state index < -0.39 is 11.9 Å². The van der Waals surface area contributed by atoms with Gasteiger partial charge in [-0.2, -0.15) is 0 Å². The molecule has 200 valence electrons. The summed E-state index contributed by atoms with van der Waals surface area (Å²) in [6, 6.07) is 6.88. The van der Waals surface area contributed by atoms with Gasteiger partial charge in [-0.1, -0.05) is 149 Å². The number of rotatable bonds is 15. The first kappa shape index (κ1) is 41.1. The van der Waals surface area contributed by atoms with Gasteiger partial charge in [-0.3, -0.25) is 0 Å². The van der Waals surface area contributed by atoms with Gasteiger partial charge in [0.2, 0.25) is 0 Å². The van der Waals surface area contributed by atoms with E-state index in [9.17, 15) is 19.8 Å². The van der Waals surface area contributed by atoms with E-state index in [0.717, 1.165) is 37.7 Å². The zero-order valence-electron chi connectivity index (χ0n) is 23.2. The van der Waals surface area contributed by atoms with Crippen molar-refractivity contribution in [1.29, 1.82) is 0 Å². The molecule has 0 amide bonds. The van der Waals surface area contributed by atoms with Gasteiger partial charge >= 0.3 is 23.9 Å². The normalized spacial score (nSPS) is 9.20. The predicted octanol–water partition coefficient (Wildman–Crippen LogP) is 6.52. The number of aromatic carboxylic acids is 1. The van der Waals surface area contributed by atoms with Crippen molar-refractivity contribution < 1.29 is 19.8 Å². The van der Waals surface area contributed by atoms with Crippen LogP contribution in [0.4, 0.5) is 0 Å². The second-order valence-electron chi connectivity index (χ2n) is 8.31. The van der Waals surface area contributed by atoms with Crippen LogP contribution in [-0.2, 0) is 11.2 Å². The average molecular weight is 595 g/mol. The summed E-state index contributed by atoms with van der Waals surface area (Å²) < 4.78 is 0. The smallest absolute Gasteiger partial charge is 0.550 e. The summed E-state index contributed by atoms with van der Waals surface area (Å²) in [7, 11) is 0. The fourth-order valence-corrected chi connectivity index (χ4v) is 2.78. The molecule has 5 heteroatoms. The largest absolute Gasteiger partial charge is 2.00 e. The molecule has 1 aromatic rings. The SMILES string of the molecule is CCCCCCCCCCCCC(=O)[O-].CCc1ccccc1C(=O)[O-].[CH2]CCC.[CH2]CCC.[Sn+2]. The van der Waals surface area contributed by atoms with E-state index >= 15 is 0 Å². The number of carboxylic acids is 2. The maximum atomic E-state index is 10.5. The molecular formula is C30H52O4Sn. The van der Waals surface area contributed by atoms with Crippen LogP contribution in [0.15, 0.2) is 24.3 Å². The quantitative estimate of drug-likeness (QED) is 0.171. The summed E-state index contributed by atoms with van der Waals surface area (Å²) in [6.07, 6.45) is 17.9. The molecule has 0 atom stereocenters. The Morgan fingerprint density at radius 1 is 0.686 bits per heavy atom. The van der Waals surface area contributed by atoms with E-state index in [1.54, 1.807) is 18.2 Å². The minimum absolute atomic E-state index is 0. The van der Waals surface area contributed by atoms with E-state index in [0.29, 0.717) is 5.56 Å². The second-order valence-corrected chi connectivity index (χ2v) is 8.31. The third kappa shape index (κ3) is 35.2. The van der Waals surface area contributed by atoms with Crippen LogP contribution >= 0.6 is 0 Å². The molecule has 0 unspecified atom stereocenters. The Bertz CT molecular complexity index is 553. The zero-order valence-corrected chi connectivity index (χ0v) is 26.0. The fourth-order valence-electron chi connectivity index (χ4n) is 2.78. The molecule has 0 N–H and O–H groups in total.